The Balaban J connectivity index is 1.28. The molecule has 0 radical (unpaired) electrons. The highest BCUT2D eigenvalue weighted by Gasteiger charge is 2.62. The summed E-state index contributed by atoms with van der Waals surface area (Å²) >= 11 is 1.42. The normalized spacial score (nSPS) is 25.7. The molecular formula is C50H58N4O14S. The summed E-state index contributed by atoms with van der Waals surface area (Å²) in [5, 5.41) is 14.2. The van der Waals surface area contributed by atoms with Crippen molar-refractivity contribution in [2.75, 3.05) is 47.0 Å². The van der Waals surface area contributed by atoms with E-state index in [1.165, 1.54) is 32.9 Å². The van der Waals surface area contributed by atoms with Gasteiger partial charge in [0.15, 0.2) is 40.0 Å². The Morgan fingerprint density at radius 1 is 0.855 bits per heavy atom. The number of nitriles is 1. The summed E-state index contributed by atoms with van der Waals surface area (Å²) in [6, 6.07) is 4.73. The van der Waals surface area contributed by atoms with Gasteiger partial charge in [-0.3, -0.25) is 19.9 Å². The van der Waals surface area contributed by atoms with Crippen LogP contribution >= 0.6 is 11.8 Å². The Labute approximate surface area is 405 Å². The minimum Gasteiger partial charge on any atom is -0.493 e. The summed E-state index contributed by atoms with van der Waals surface area (Å²) in [5.74, 6) is 0.818. The average molecular weight is 971 g/mol. The molecule has 7 atom stereocenters. The molecular weight excluding hydrogens is 913 g/mol. The lowest BCUT2D eigenvalue weighted by Crippen LogP contribution is -2.69. The van der Waals surface area contributed by atoms with E-state index in [1.54, 1.807) is 53.7 Å². The summed E-state index contributed by atoms with van der Waals surface area (Å²) in [4.78, 5) is 59.4. The molecule has 19 heteroatoms. The monoisotopic (exact) mass is 970 g/mol. The maximum absolute atomic E-state index is 15.2. The summed E-state index contributed by atoms with van der Waals surface area (Å²) in [6.07, 6.45) is -0.972. The highest BCUT2D eigenvalue weighted by molar-refractivity contribution is 7.99. The van der Waals surface area contributed by atoms with E-state index in [4.69, 9.17) is 47.4 Å². The van der Waals surface area contributed by atoms with Crippen molar-refractivity contribution in [1.82, 2.24) is 15.1 Å². The van der Waals surface area contributed by atoms with Crippen LogP contribution in [0.4, 0.5) is 9.59 Å². The predicted octanol–water partition coefficient (Wildman–Crippen LogP) is 7.20. The third kappa shape index (κ3) is 8.12. The van der Waals surface area contributed by atoms with E-state index < -0.39 is 76.4 Å². The van der Waals surface area contributed by atoms with Gasteiger partial charge in [-0.1, -0.05) is 6.07 Å². The van der Waals surface area contributed by atoms with Gasteiger partial charge in [-0.25, -0.2) is 14.4 Å². The molecule has 7 aliphatic rings. The third-order valence-electron chi connectivity index (χ3n) is 13.6. The number of ether oxygens (including phenoxy) is 10. The van der Waals surface area contributed by atoms with Gasteiger partial charge >= 0.3 is 24.2 Å². The highest BCUT2D eigenvalue weighted by Crippen LogP contribution is 2.65. The first-order chi connectivity index (χ1) is 32.6. The molecule has 1 N–H and O–H groups in total. The number of hydrogen-bond donors (Lipinski definition) is 1. The summed E-state index contributed by atoms with van der Waals surface area (Å²) in [6.45, 7) is 15.4. The number of hydrogen-bond acceptors (Lipinski definition) is 19. The van der Waals surface area contributed by atoms with E-state index in [-0.39, 0.29) is 42.2 Å². The summed E-state index contributed by atoms with van der Waals surface area (Å²) in [5.41, 5.74) is 2.07. The lowest BCUT2D eigenvalue weighted by atomic mass is 9.71. The molecule has 18 nitrogen and oxygen atoms in total. The lowest BCUT2D eigenvalue weighted by Gasteiger charge is -2.62. The smallest absolute Gasteiger partial charge is 0.493 e. The van der Waals surface area contributed by atoms with Gasteiger partial charge in [-0.15, -0.1) is 11.8 Å². The molecule has 0 aromatic heterocycles. The fourth-order valence-electron chi connectivity index (χ4n) is 11.0. The fourth-order valence-corrected chi connectivity index (χ4v) is 12.7. The molecule has 10 rings (SSSR count). The zero-order valence-electron chi connectivity index (χ0n) is 40.9. The van der Waals surface area contributed by atoms with Crippen LogP contribution in [0.5, 0.6) is 40.2 Å². The van der Waals surface area contributed by atoms with E-state index in [0.717, 1.165) is 11.1 Å². The standard InChI is InChI=1S/C50H58N4O14S/c1-23-15-27-16-29-30(19-51)54-31-20-61-45(56)50(28-18-32(59-11)33(17-26(28)13-14-52-50)65-46(57)67-48(4,5)6)21-69-44(36-35(31)42-41(62-22-63-42)24(2)40(36)64-25(3)55)38(54)37(53(29)10)34(27)43(39(23)60-12)66-47(58)68-49(7,8)9/h15,17-18,29-31,37-38,44,52H,13-14,16,20-22H2,1-12H3/t29-,30+,31-,37-,38?,44-,50-/m1/s1. The van der Waals surface area contributed by atoms with Crippen LogP contribution in [0.1, 0.15) is 110 Å². The predicted molar refractivity (Wildman–Crippen MR) is 248 cm³/mol. The number of piperazine rings is 1. The fraction of sp³-hybridized carbons (Fsp3) is 0.540. The van der Waals surface area contributed by atoms with E-state index >= 15 is 4.79 Å². The minimum absolute atomic E-state index is 0.0444. The molecule has 3 aromatic carbocycles. The molecule has 7 aliphatic heterocycles. The zero-order chi connectivity index (χ0) is 49.6. The molecule has 1 unspecified atom stereocenters. The van der Waals surface area contributed by atoms with Crippen molar-refractivity contribution < 1.29 is 66.5 Å². The number of nitrogens with one attached hydrogen (secondary N) is 1. The number of carbonyl (C=O) groups is 4. The molecule has 2 fully saturated rings. The van der Waals surface area contributed by atoms with Crippen molar-refractivity contribution in [3.63, 3.8) is 0 Å². The first-order valence-corrected chi connectivity index (χ1v) is 24.0. The van der Waals surface area contributed by atoms with Gasteiger partial charge in [0, 0.05) is 53.6 Å². The number of methoxy groups -OCH3 is 2. The second kappa shape index (κ2) is 17.5. The minimum atomic E-state index is -1.50. The Bertz CT molecular complexity index is 2710. The summed E-state index contributed by atoms with van der Waals surface area (Å²) < 4.78 is 60.2. The number of carbonyl (C=O) groups excluding carboxylic acids is 4. The van der Waals surface area contributed by atoms with Crippen molar-refractivity contribution in [1.29, 1.82) is 5.26 Å². The maximum Gasteiger partial charge on any atom is 0.514 e. The quantitative estimate of drug-likeness (QED) is 0.116. The van der Waals surface area contributed by atoms with Crippen LogP contribution in [-0.2, 0) is 42.2 Å². The van der Waals surface area contributed by atoms with Crippen molar-refractivity contribution >= 4 is 36.0 Å². The third-order valence-corrected chi connectivity index (χ3v) is 15.0. The number of benzene rings is 3. The van der Waals surface area contributed by atoms with Crippen LogP contribution < -0.4 is 38.5 Å². The van der Waals surface area contributed by atoms with Crippen molar-refractivity contribution in [2.45, 2.75) is 127 Å². The van der Waals surface area contributed by atoms with Crippen molar-refractivity contribution in [3.8, 4) is 46.3 Å². The van der Waals surface area contributed by atoms with Crippen LogP contribution in [-0.4, -0.2) is 110 Å². The molecule has 7 heterocycles. The van der Waals surface area contributed by atoms with Crippen LogP contribution in [0.25, 0.3) is 0 Å². The Morgan fingerprint density at radius 2 is 1.55 bits per heavy atom. The average Bonchev–Trinajstić information content (AvgIpc) is 3.75. The van der Waals surface area contributed by atoms with Gasteiger partial charge in [-0.2, -0.15) is 5.26 Å². The van der Waals surface area contributed by atoms with Gasteiger partial charge in [-0.05, 0) is 110 Å². The molecule has 4 bridgehead atoms. The second-order valence-electron chi connectivity index (χ2n) is 20.2. The largest absolute Gasteiger partial charge is 0.514 e. The zero-order valence-corrected chi connectivity index (χ0v) is 41.7. The van der Waals surface area contributed by atoms with Gasteiger partial charge in [0.25, 0.3) is 0 Å². The van der Waals surface area contributed by atoms with Gasteiger partial charge in [0.2, 0.25) is 6.79 Å². The van der Waals surface area contributed by atoms with Crippen LogP contribution in [0.3, 0.4) is 0 Å². The molecule has 0 aliphatic carbocycles. The number of esters is 2. The molecule has 1 spiro atoms. The number of fused-ring (bicyclic) bond motifs is 9. The van der Waals surface area contributed by atoms with Crippen molar-refractivity contribution in [3.05, 3.63) is 62.7 Å². The molecule has 0 saturated carbocycles. The van der Waals surface area contributed by atoms with Gasteiger partial charge in [0.05, 0.1) is 37.6 Å². The topological polar surface area (TPSA) is 203 Å². The summed E-state index contributed by atoms with van der Waals surface area (Å²) in [7, 11) is 4.92. The van der Waals surface area contributed by atoms with Crippen LogP contribution in [0.2, 0.25) is 0 Å². The second-order valence-corrected chi connectivity index (χ2v) is 21.3. The lowest BCUT2D eigenvalue weighted by molar-refractivity contribution is -0.157. The molecule has 3 aromatic rings. The highest BCUT2D eigenvalue weighted by atomic mass is 32.2. The SMILES string of the molecule is COc1cc2c(cc1OC(=O)OC(C)(C)C)CCN[C@]21CS[C@@H]2c3c(OC(C)=O)c(C)c4c(c3[C@@H](COC1=O)N1C2[C@H]2c3c(cc(C)c(OC)c3OC(=O)OC(C)(C)C)C[C@H]([C@@H]1C#N)N2C)OCO4. The van der Waals surface area contributed by atoms with E-state index in [0.29, 0.717) is 70.0 Å². The maximum atomic E-state index is 15.2. The Kier molecular flexibility index (Phi) is 12.2. The molecule has 368 valence electrons. The molecule has 69 heavy (non-hydrogen) atoms. The Morgan fingerprint density at radius 3 is 2.20 bits per heavy atom. The Hall–Kier alpha value is -5.94. The molecule has 2 saturated heterocycles. The van der Waals surface area contributed by atoms with E-state index in [9.17, 15) is 19.6 Å². The number of aryl methyl sites for hydroxylation is 1. The van der Waals surface area contributed by atoms with Gasteiger partial charge < -0.3 is 47.4 Å². The van der Waals surface area contributed by atoms with Crippen LogP contribution in [0, 0.1) is 25.2 Å². The number of rotatable bonds is 5. The van der Waals surface area contributed by atoms with E-state index in [1.807, 2.05) is 27.0 Å². The van der Waals surface area contributed by atoms with Gasteiger partial charge in [0.1, 0.15) is 29.6 Å². The van der Waals surface area contributed by atoms with Crippen LogP contribution in [0.15, 0.2) is 18.2 Å². The number of nitrogens with zero attached hydrogens (tertiary/aromatic N) is 3. The first kappa shape index (κ1) is 48.1. The number of likely N-dealkylation sites (N-methyl/N-ethyl adjacent to an activating group) is 1. The number of thioether (sulfide) groups is 1. The first-order valence-electron chi connectivity index (χ1n) is 22.9. The van der Waals surface area contributed by atoms with Crippen molar-refractivity contribution in [2.24, 2.45) is 0 Å². The van der Waals surface area contributed by atoms with E-state index in [2.05, 4.69) is 21.2 Å². The molecule has 0 amide bonds.